The van der Waals surface area contributed by atoms with Crippen LogP contribution in [0.4, 0.5) is 19.5 Å². The first-order chi connectivity index (χ1) is 18.0. The lowest BCUT2D eigenvalue weighted by Crippen LogP contribution is -2.52. The fourth-order valence-corrected chi connectivity index (χ4v) is 4.35. The molecule has 1 aromatic carbocycles. The van der Waals surface area contributed by atoms with Crippen molar-refractivity contribution >= 4 is 23.1 Å². The normalized spacial score (nSPS) is 16.3. The molecule has 2 saturated heterocycles. The third-order valence-corrected chi connectivity index (χ3v) is 6.39. The van der Waals surface area contributed by atoms with Crippen LogP contribution in [-0.4, -0.2) is 83.1 Å². The average Bonchev–Trinajstić information content (AvgIpc) is 3.28. The number of alkyl halides is 2. The van der Waals surface area contributed by atoms with Gasteiger partial charge in [-0.1, -0.05) is 25.5 Å². The lowest BCUT2D eigenvalue weighted by atomic mass is 10.0. The van der Waals surface area contributed by atoms with Crippen LogP contribution >= 0.6 is 0 Å². The number of carbonyl (C=O) groups is 1. The zero-order valence-electron chi connectivity index (χ0n) is 20.7. The number of carbonyl (C=O) groups excluding carboxylic acids is 1. The molecule has 0 bridgehead atoms. The van der Waals surface area contributed by atoms with Gasteiger partial charge in [0.25, 0.3) is 6.43 Å². The SMILES string of the molecule is CCCCOC(=O)N1CC(COc2cc(-n3c(C(F)F)nc4ccccc43)nc(N3CCOCC3)n2)C1. The van der Waals surface area contributed by atoms with Crippen molar-refractivity contribution in [2.75, 3.05) is 57.5 Å². The van der Waals surface area contributed by atoms with Gasteiger partial charge in [-0.15, -0.1) is 0 Å². The first-order valence-corrected chi connectivity index (χ1v) is 12.6. The number of unbranched alkanes of at least 4 members (excludes halogenated alkanes) is 1. The van der Waals surface area contributed by atoms with Gasteiger partial charge in [-0.2, -0.15) is 9.97 Å². The van der Waals surface area contributed by atoms with Crippen LogP contribution in [0.2, 0.25) is 0 Å². The van der Waals surface area contributed by atoms with Crippen LogP contribution in [0.3, 0.4) is 0 Å². The topological polar surface area (TPSA) is 94.8 Å². The molecule has 1 amide bonds. The van der Waals surface area contributed by atoms with Crippen LogP contribution in [0.25, 0.3) is 16.9 Å². The van der Waals surface area contributed by atoms with E-state index in [2.05, 4.69) is 15.0 Å². The second-order valence-electron chi connectivity index (χ2n) is 9.11. The van der Waals surface area contributed by atoms with Crippen molar-refractivity contribution in [3.8, 4) is 11.7 Å². The molecule has 2 aromatic heterocycles. The first kappa shape index (κ1) is 25.1. The van der Waals surface area contributed by atoms with E-state index in [9.17, 15) is 13.6 Å². The Morgan fingerprint density at radius 3 is 2.70 bits per heavy atom. The summed E-state index contributed by atoms with van der Waals surface area (Å²) in [6.07, 6.45) is -1.30. The molecule has 37 heavy (non-hydrogen) atoms. The van der Waals surface area contributed by atoms with Crippen LogP contribution in [0.1, 0.15) is 32.0 Å². The molecular formula is C25H30F2N6O4. The number of rotatable bonds is 9. The lowest BCUT2D eigenvalue weighted by Gasteiger charge is -2.37. The highest BCUT2D eigenvalue weighted by atomic mass is 19.3. The second-order valence-corrected chi connectivity index (χ2v) is 9.11. The van der Waals surface area contributed by atoms with E-state index in [0.717, 1.165) is 12.8 Å². The van der Waals surface area contributed by atoms with Crippen LogP contribution in [0.15, 0.2) is 30.3 Å². The van der Waals surface area contributed by atoms with Crippen molar-refractivity contribution in [2.45, 2.75) is 26.2 Å². The van der Waals surface area contributed by atoms with E-state index in [1.54, 1.807) is 35.2 Å². The number of hydrogen-bond donors (Lipinski definition) is 0. The largest absolute Gasteiger partial charge is 0.477 e. The summed E-state index contributed by atoms with van der Waals surface area (Å²) in [6, 6.07) is 8.50. The molecule has 12 heteroatoms. The molecule has 0 spiro atoms. The van der Waals surface area contributed by atoms with Gasteiger partial charge in [0.05, 0.1) is 37.5 Å². The molecule has 0 saturated carbocycles. The van der Waals surface area contributed by atoms with Crippen LogP contribution in [0.5, 0.6) is 5.88 Å². The second kappa shape index (κ2) is 11.2. The van der Waals surface area contributed by atoms with E-state index in [0.29, 0.717) is 69.6 Å². The molecule has 2 aliphatic heterocycles. The van der Waals surface area contributed by atoms with Crippen LogP contribution in [0, 0.1) is 5.92 Å². The molecule has 10 nitrogen and oxygen atoms in total. The number of anilines is 1. The molecule has 0 unspecified atom stereocenters. The zero-order valence-corrected chi connectivity index (χ0v) is 20.7. The molecule has 0 radical (unpaired) electrons. The third kappa shape index (κ3) is 5.58. The molecule has 0 atom stereocenters. The number of nitrogens with zero attached hydrogens (tertiary/aromatic N) is 6. The smallest absolute Gasteiger partial charge is 0.409 e. The highest BCUT2D eigenvalue weighted by Gasteiger charge is 2.32. The van der Waals surface area contributed by atoms with Gasteiger partial charge in [-0.25, -0.2) is 18.6 Å². The van der Waals surface area contributed by atoms with E-state index in [-0.39, 0.29) is 23.7 Å². The number of morpholine rings is 1. The summed E-state index contributed by atoms with van der Waals surface area (Å²) in [5.41, 5.74) is 0.971. The summed E-state index contributed by atoms with van der Waals surface area (Å²) >= 11 is 0. The van der Waals surface area contributed by atoms with E-state index < -0.39 is 12.2 Å². The monoisotopic (exact) mass is 516 g/mol. The van der Waals surface area contributed by atoms with Gasteiger partial charge in [0.2, 0.25) is 11.8 Å². The third-order valence-electron chi connectivity index (χ3n) is 6.39. The minimum atomic E-state index is -2.79. The molecule has 0 N–H and O–H groups in total. The number of ether oxygens (including phenoxy) is 3. The summed E-state index contributed by atoms with van der Waals surface area (Å²) < 4.78 is 46.0. The molecule has 2 fully saturated rings. The number of likely N-dealkylation sites (tertiary alicyclic amines) is 1. The summed E-state index contributed by atoms with van der Waals surface area (Å²) in [6.45, 7) is 6.03. The number of halogens is 2. The van der Waals surface area contributed by atoms with Crippen molar-refractivity contribution in [2.24, 2.45) is 5.92 Å². The predicted octanol–water partition coefficient (Wildman–Crippen LogP) is 3.84. The molecule has 2 aliphatic rings. The number of fused-ring (bicyclic) bond motifs is 1. The summed E-state index contributed by atoms with van der Waals surface area (Å²) in [5, 5.41) is 0. The van der Waals surface area contributed by atoms with Crippen LogP contribution < -0.4 is 9.64 Å². The van der Waals surface area contributed by atoms with E-state index in [1.165, 1.54) is 4.57 Å². The maximum absolute atomic E-state index is 14.0. The number of aromatic nitrogens is 4. The Kier molecular flexibility index (Phi) is 7.63. The van der Waals surface area contributed by atoms with Gasteiger partial charge < -0.3 is 24.0 Å². The zero-order chi connectivity index (χ0) is 25.8. The maximum atomic E-state index is 14.0. The quantitative estimate of drug-likeness (QED) is 0.396. The molecule has 198 valence electrons. The Hall–Kier alpha value is -3.54. The van der Waals surface area contributed by atoms with E-state index in [4.69, 9.17) is 14.2 Å². The van der Waals surface area contributed by atoms with E-state index >= 15 is 0 Å². The summed E-state index contributed by atoms with van der Waals surface area (Å²) in [4.78, 5) is 29.0. The Balaban J connectivity index is 1.37. The number of imidazole rings is 1. The predicted molar refractivity (Wildman–Crippen MR) is 131 cm³/mol. The van der Waals surface area contributed by atoms with Crippen molar-refractivity contribution < 1.29 is 27.8 Å². The van der Waals surface area contributed by atoms with Crippen molar-refractivity contribution in [3.63, 3.8) is 0 Å². The van der Waals surface area contributed by atoms with Crippen molar-refractivity contribution in [3.05, 3.63) is 36.2 Å². The Morgan fingerprint density at radius 1 is 1.16 bits per heavy atom. The number of amides is 1. The minimum Gasteiger partial charge on any atom is -0.477 e. The van der Waals surface area contributed by atoms with Gasteiger partial charge in [0.15, 0.2) is 5.82 Å². The van der Waals surface area contributed by atoms with Gasteiger partial charge in [-0.3, -0.25) is 4.57 Å². The highest BCUT2D eigenvalue weighted by Crippen LogP contribution is 2.30. The van der Waals surface area contributed by atoms with Crippen LogP contribution in [-0.2, 0) is 9.47 Å². The van der Waals surface area contributed by atoms with Gasteiger partial charge in [0, 0.05) is 38.2 Å². The first-order valence-electron chi connectivity index (χ1n) is 12.6. The maximum Gasteiger partial charge on any atom is 0.409 e. The summed E-state index contributed by atoms with van der Waals surface area (Å²) in [7, 11) is 0. The molecular weight excluding hydrogens is 486 g/mol. The number of para-hydroxylation sites is 2. The molecule has 0 aliphatic carbocycles. The summed E-state index contributed by atoms with van der Waals surface area (Å²) in [5.74, 6) is 0.631. The average molecular weight is 517 g/mol. The molecule has 4 heterocycles. The fraction of sp³-hybridized carbons (Fsp3) is 0.520. The van der Waals surface area contributed by atoms with Gasteiger partial charge in [-0.05, 0) is 18.6 Å². The molecule has 5 rings (SSSR count). The lowest BCUT2D eigenvalue weighted by molar-refractivity contribution is 0.0365. The number of benzene rings is 1. The number of hydrogen-bond acceptors (Lipinski definition) is 8. The van der Waals surface area contributed by atoms with Gasteiger partial charge in [0.1, 0.15) is 5.82 Å². The Labute approximate surface area is 213 Å². The standard InChI is InChI=1S/C25H30F2N6O4/c1-2-3-10-36-25(34)32-14-17(15-32)16-37-21-13-20(29-24(30-21)31-8-11-35-12-9-31)33-19-7-5-4-6-18(19)28-23(33)22(26)27/h4-7,13,17,22H,2-3,8-12,14-16H2,1H3. The van der Waals surface area contributed by atoms with E-state index in [1.807, 2.05) is 11.8 Å². The van der Waals surface area contributed by atoms with Crippen molar-refractivity contribution in [1.29, 1.82) is 0 Å². The fourth-order valence-electron chi connectivity index (χ4n) is 4.35. The highest BCUT2D eigenvalue weighted by molar-refractivity contribution is 5.78. The van der Waals surface area contributed by atoms with Crippen molar-refractivity contribution in [1.82, 2.24) is 24.4 Å². The Morgan fingerprint density at radius 2 is 1.95 bits per heavy atom. The molecule has 3 aromatic rings. The van der Waals surface area contributed by atoms with Gasteiger partial charge >= 0.3 is 6.09 Å². The Bertz CT molecular complexity index is 1230. The minimum absolute atomic E-state index is 0.120.